The predicted molar refractivity (Wildman–Crippen MR) is 379 cm³/mol. The number of halogens is 2. The molecule has 0 fully saturated rings. The molecule has 4 aliphatic rings. The number of aliphatic hydroxyl groups is 2. The molecule has 510 valence electrons. The van der Waals surface area contributed by atoms with Crippen molar-refractivity contribution in [3.8, 4) is 11.1 Å². The summed E-state index contributed by atoms with van der Waals surface area (Å²) in [6.07, 6.45) is 14.4. The lowest BCUT2D eigenvalue weighted by Crippen LogP contribution is -3.11. The van der Waals surface area contributed by atoms with E-state index in [1.807, 2.05) is 35.4 Å². The first-order valence-electron chi connectivity index (χ1n) is 31.3. The Kier molecular flexibility index (Phi) is 23.7. The number of Topliss-reactive ketones (excluding diaryl/α,β-unsaturated/α-hetero) is 2. The molecule has 0 radical (unpaired) electrons. The molecule has 0 amide bonds. The second kappa shape index (κ2) is 31.7. The highest BCUT2D eigenvalue weighted by atomic mass is 35.5. The van der Waals surface area contributed by atoms with E-state index >= 15 is 0 Å². The molecule has 0 atom stereocenters. The maximum absolute atomic E-state index is 13.0. The number of hydrogen-bond acceptors (Lipinski definition) is 14. The van der Waals surface area contributed by atoms with Gasteiger partial charge in [0.15, 0.2) is 36.9 Å². The second-order valence-corrected chi connectivity index (χ2v) is 31.2. The smallest absolute Gasteiger partial charge is 0.211 e. The molecule has 12 rings (SSSR count). The number of carbonyl (C=O) groups excluding carboxylic acids is 2. The molecule has 3 N–H and O–H groups in total. The average molecular weight is 1450 g/mol. The summed E-state index contributed by atoms with van der Waals surface area (Å²) in [5.74, 6) is -2.60. The van der Waals surface area contributed by atoms with Crippen LogP contribution in [0.1, 0.15) is 75.1 Å². The Balaban J connectivity index is 0.000000171. The van der Waals surface area contributed by atoms with E-state index in [1.54, 1.807) is 89.8 Å². The van der Waals surface area contributed by atoms with E-state index in [0.717, 1.165) is 22.5 Å². The quantitative estimate of drug-likeness (QED) is 0.0462. The topological polar surface area (TPSA) is 269 Å². The van der Waals surface area contributed by atoms with Gasteiger partial charge in [0.25, 0.3) is 0 Å². The molecule has 23 heteroatoms. The zero-order valence-corrected chi connectivity index (χ0v) is 59.2. The fourth-order valence-electron chi connectivity index (χ4n) is 11.3. The number of pyridine rings is 2. The second-order valence-electron chi connectivity index (χ2n) is 22.8. The Bertz CT molecular complexity index is 5170. The van der Waals surface area contributed by atoms with Crippen molar-refractivity contribution in [2.45, 2.75) is 67.3 Å². The van der Waals surface area contributed by atoms with Crippen molar-refractivity contribution >= 4 is 96.8 Å². The molecule has 0 aliphatic carbocycles. The number of allylic oxidation sites excluding steroid dienone is 12. The van der Waals surface area contributed by atoms with Crippen molar-refractivity contribution in [3.05, 3.63) is 305 Å². The first-order valence-corrected chi connectivity index (χ1v) is 38.0. The van der Waals surface area contributed by atoms with E-state index in [0.29, 0.717) is 35.4 Å². The van der Waals surface area contributed by atoms with Crippen LogP contribution in [0.4, 0.5) is 0 Å². The normalized spacial score (nSPS) is 16.9. The zero-order chi connectivity index (χ0) is 71.6. The van der Waals surface area contributed by atoms with E-state index < -0.39 is 72.2 Å². The molecule has 17 nitrogen and oxygen atoms in total. The minimum absolute atomic E-state index is 0.0152. The van der Waals surface area contributed by atoms with Gasteiger partial charge in [0.2, 0.25) is 50.9 Å². The summed E-state index contributed by atoms with van der Waals surface area (Å²) >= 11 is 11.9. The maximum Gasteiger partial charge on any atom is 0.211 e. The fourth-order valence-corrected chi connectivity index (χ4v) is 17.8. The third-order valence-electron chi connectivity index (χ3n) is 16.7. The number of rotatable bonds is 16. The maximum atomic E-state index is 13.0. The van der Waals surface area contributed by atoms with Gasteiger partial charge < -0.3 is 25.3 Å². The van der Waals surface area contributed by atoms with Gasteiger partial charge in [-0.1, -0.05) is 150 Å². The predicted octanol–water partition coefficient (Wildman–Crippen LogP) is 9.16. The van der Waals surface area contributed by atoms with E-state index in [-0.39, 0.29) is 74.9 Å². The molecule has 0 unspecified atom stereocenters. The number of sulfone groups is 4. The molecule has 6 heterocycles. The largest absolute Gasteiger partial charge is 0.871 e. The van der Waals surface area contributed by atoms with Crippen molar-refractivity contribution in [3.63, 3.8) is 0 Å². The van der Waals surface area contributed by atoms with E-state index in [9.17, 15) is 53.5 Å². The average Bonchev–Trinajstić information content (AvgIpc) is 1.63. The van der Waals surface area contributed by atoms with Gasteiger partial charge in [-0.25, -0.2) is 42.8 Å². The number of fused-ring (bicyclic) bond motifs is 4. The molecule has 0 bridgehead atoms. The highest BCUT2D eigenvalue weighted by molar-refractivity contribution is 7.97. The number of benzene rings is 6. The number of quaternary nitrogens is 1. The van der Waals surface area contributed by atoms with Crippen LogP contribution in [0.5, 0.6) is 0 Å². The molecule has 0 saturated carbocycles. The molecule has 6 aromatic carbocycles. The first kappa shape index (κ1) is 74.0. The summed E-state index contributed by atoms with van der Waals surface area (Å²) in [6.45, 7) is 16.1. The standard InChI is InChI=1S/C27H16Cl2O6S2.C27H18O6S2.C16H22N2O2.C6H15N/c28-18-8-12-22-20(14-18)26(30)24(36(22,32)33)10-6-17(16-4-2-1-3-5-16)7-11-25-27(31)21-15-19(29)9-13-23(21)37(25,34)35;28-26-20-10-4-6-12-22(20)34(30,31)24(26)16-14-19(18-8-2-1-3-9-18)15-17-25-27(29)21-11-5-7-13-23(21)35(25,32)33;1-13-11-15(3-5-17(13)7-9-19)16-4-6-18(8-10-20)14(2)12-16;1-4-7(5-2)6-3/h1-15,30H;1-17,28H;3-6,11-12,19-20H,7-10H2,1-2H3;4-6H2,1-3H3/q;;+2;/p-1. The van der Waals surface area contributed by atoms with Crippen LogP contribution < -0.4 is 24.2 Å². The SMILES string of the molecule is CC[NH+](CC)CC.Cc1cc(-c2cc[n+](CCO)c(C)c2)cc[n+]1CCO.O=C1C(=CC=C(C=CC2=C([O-])c3cc(Cl)ccc3S2(=O)=O)c2ccccc2)S(=O)(=O)c2ccc(Cl)cc21.O=C1C(=CC=C(C=CC2=C([O-])c3ccccc3S2(=O)=O)c2ccccc2)S(=O)(=O)c2ccccc21. The third kappa shape index (κ3) is 15.9. The summed E-state index contributed by atoms with van der Waals surface area (Å²) < 4.78 is 108. The lowest BCUT2D eigenvalue weighted by molar-refractivity contribution is -0.894. The summed E-state index contributed by atoms with van der Waals surface area (Å²) in [4.78, 5) is 25.3. The van der Waals surface area contributed by atoms with Gasteiger partial charge in [-0.3, -0.25) is 9.59 Å². The van der Waals surface area contributed by atoms with E-state index in [1.165, 1.54) is 129 Å². The number of aromatic nitrogens is 2. The van der Waals surface area contributed by atoms with Crippen LogP contribution >= 0.6 is 23.2 Å². The molecule has 4 aliphatic heterocycles. The molecule has 8 aromatic rings. The number of ketones is 2. The summed E-state index contributed by atoms with van der Waals surface area (Å²) in [6, 6.07) is 45.8. The Morgan fingerprint density at radius 1 is 0.455 bits per heavy atom. The monoisotopic (exact) mass is 1450 g/mol. The molecule has 99 heavy (non-hydrogen) atoms. The van der Waals surface area contributed by atoms with Crippen LogP contribution in [0, 0.1) is 13.8 Å². The van der Waals surface area contributed by atoms with Gasteiger partial charge in [-0.15, -0.1) is 0 Å². The minimum Gasteiger partial charge on any atom is -0.871 e. The van der Waals surface area contributed by atoms with Crippen LogP contribution in [0.15, 0.2) is 270 Å². The highest BCUT2D eigenvalue weighted by Crippen LogP contribution is 2.41. The van der Waals surface area contributed by atoms with Crippen LogP contribution in [0.25, 0.3) is 33.8 Å². The van der Waals surface area contributed by atoms with Crippen molar-refractivity contribution in [1.82, 2.24) is 0 Å². The van der Waals surface area contributed by atoms with Crippen LogP contribution in [-0.2, 0) is 52.4 Å². The van der Waals surface area contributed by atoms with Gasteiger partial charge in [0, 0.05) is 59.3 Å². The summed E-state index contributed by atoms with van der Waals surface area (Å²) in [7, 11) is -16.1. The van der Waals surface area contributed by atoms with Gasteiger partial charge >= 0.3 is 0 Å². The number of nitrogens with zero attached hydrogens (tertiary/aromatic N) is 2. The Morgan fingerprint density at radius 3 is 1.21 bits per heavy atom. The van der Waals surface area contributed by atoms with Gasteiger partial charge in [0.05, 0.1) is 49.0 Å². The first-order chi connectivity index (χ1) is 47.2. The zero-order valence-electron chi connectivity index (χ0n) is 54.5. The number of nitrogens with one attached hydrogen (secondary N) is 1. The molecular weight excluding hydrogens is 1380 g/mol. The van der Waals surface area contributed by atoms with Gasteiger partial charge in [-0.2, -0.15) is 0 Å². The molecule has 0 saturated heterocycles. The third-order valence-corrected chi connectivity index (χ3v) is 24.5. The van der Waals surface area contributed by atoms with Crippen molar-refractivity contribution in [1.29, 1.82) is 0 Å². The number of aliphatic hydroxyl groups excluding tert-OH is 2. The number of carbonyl (C=O) groups is 2. The Morgan fingerprint density at radius 2 is 0.818 bits per heavy atom. The fraction of sp³-hybridized carbons (Fsp3) is 0.158. The lowest BCUT2D eigenvalue weighted by atomic mass is 10.0. The Labute approximate surface area is 586 Å². The molecule has 0 spiro atoms. The lowest BCUT2D eigenvalue weighted by Gasteiger charge is -2.10. The summed E-state index contributed by atoms with van der Waals surface area (Å²) in [5.41, 5.74) is 6.80. The molecule has 2 aromatic heterocycles. The van der Waals surface area contributed by atoms with Crippen LogP contribution in [0.2, 0.25) is 10.0 Å². The number of aryl methyl sites for hydroxylation is 2. The van der Waals surface area contributed by atoms with Crippen molar-refractivity contribution < 1.29 is 77.7 Å². The minimum atomic E-state index is -4.07. The summed E-state index contributed by atoms with van der Waals surface area (Å²) in [5, 5.41) is 44.1. The Hall–Kier alpha value is -9.26. The van der Waals surface area contributed by atoms with Crippen molar-refractivity contribution in [2.24, 2.45) is 0 Å². The van der Waals surface area contributed by atoms with Crippen LogP contribution in [-0.4, -0.2) is 88.3 Å². The molecular formula is C76H70Cl2N3O14S4+. The van der Waals surface area contributed by atoms with E-state index in [4.69, 9.17) is 33.4 Å². The van der Waals surface area contributed by atoms with Gasteiger partial charge in [0.1, 0.15) is 23.0 Å². The van der Waals surface area contributed by atoms with Crippen LogP contribution in [0.3, 0.4) is 0 Å². The highest BCUT2D eigenvalue weighted by Gasteiger charge is 2.40. The van der Waals surface area contributed by atoms with E-state index in [2.05, 4.69) is 45.0 Å². The number of hydrogen-bond donors (Lipinski definition) is 3. The van der Waals surface area contributed by atoms with Crippen molar-refractivity contribution in [2.75, 3.05) is 32.8 Å². The van der Waals surface area contributed by atoms with Gasteiger partial charge in [-0.05, 0) is 144 Å².